The van der Waals surface area contributed by atoms with Crippen LogP contribution in [0, 0.1) is 5.82 Å². The molecule has 3 nitrogen and oxygen atoms in total. The molecule has 0 radical (unpaired) electrons. The maximum Gasteiger partial charge on any atom is 0.123 e. The molecule has 1 heterocycles. The van der Waals surface area contributed by atoms with Gasteiger partial charge in [0.1, 0.15) is 23.9 Å². The number of halogens is 1. The summed E-state index contributed by atoms with van der Waals surface area (Å²) < 4.78 is 20.4. The molecule has 3 rings (SSSR count). The van der Waals surface area contributed by atoms with Crippen LogP contribution in [-0.4, -0.2) is 9.67 Å². The Kier molecular flexibility index (Phi) is 3.06. The van der Waals surface area contributed by atoms with Gasteiger partial charge in [0.05, 0.1) is 5.52 Å². The topological polar surface area (TPSA) is 34.4 Å². The molecular formula is C16H14FNO2. The van der Waals surface area contributed by atoms with Gasteiger partial charge in [-0.15, -0.1) is 0 Å². The van der Waals surface area contributed by atoms with Crippen LogP contribution in [0.3, 0.4) is 0 Å². The predicted octanol–water partition coefficient (Wildman–Crippen LogP) is 3.60. The molecule has 0 bridgehead atoms. The first-order valence-electron chi connectivity index (χ1n) is 6.29. The minimum atomic E-state index is -0.280. The smallest absolute Gasteiger partial charge is 0.123 e. The second-order valence-electron chi connectivity index (χ2n) is 4.71. The molecule has 0 aliphatic rings. The van der Waals surface area contributed by atoms with Crippen LogP contribution in [0.15, 0.2) is 48.7 Å². The van der Waals surface area contributed by atoms with Crippen molar-refractivity contribution in [3.63, 3.8) is 0 Å². The van der Waals surface area contributed by atoms with Crippen molar-refractivity contribution in [3.8, 4) is 11.5 Å². The van der Waals surface area contributed by atoms with Gasteiger partial charge >= 0.3 is 0 Å². The molecule has 0 unspecified atom stereocenters. The highest BCUT2D eigenvalue weighted by atomic mass is 19.1. The van der Waals surface area contributed by atoms with Gasteiger partial charge in [0, 0.05) is 30.3 Å². The summed E-state index contributed by atoms with van der Waals surface area (Å²) in [5.74, 6) is 0.588. The maximum absolute atomic E-state index is 12.8. The Balaban J connectivity index is 1.86. The van der Waals surface area contributed by atoms with E-state index in [-0.39, 0.29) is 11.6 Å². The van der Waals surface area contributed by atoms with Gasteiger partial charge in [-0.25, -0.2) is 4.39 Å². The van der Waals surface area contributed by atoms with Gasteiger partial charge < -0.3 is 14.4 Å². The number of aryl methyl sites for hydroxylation is 1. The average Bonchev–Trinajstić information content (AvgIpc) is 2.74. The molecule has 0 saturated heterocycles. The number of hydrogen-bond donors (Lipinski definition) is 1. The van der Waals surface area contributed by atoms with Crippen molar-refractivity contribution in [1.29, 1.82) is 0 Å². The normalized spacial score (nSPS) is 10.9. The van der Waals surface area contributed by atoms with Crippen LogP contribution in [0.1, 0.15) is 5.56 Å². The van der Waals surface area contributed by atoms with Crippen molar-refractivity contribution < 1.29 is 14.2 Å². The van der Waals surface area contributed by atoms with Gasteiger partial charge in [0.25, 0.3) is 0 Å². The van der Waals surface area contributed by atoms with Crippen LogP contribution < -0.4 is 4.74 Å². The minimum Gasteiger partial charge on any atom is -0.508 e. The number of fused-ring (bicyclic) bond motifs is 1. The fraction of sp³-hybridized carbons (Fsp3) is 0.125. The number of rotatable bonds is 3. The number of phenolic OH excluding ortho intramolecular Hbond substituents is 1. The third-order valence-corrected chi connectivity index (χ3v) is 3.26. The minimum absolute atomic E-state index is 0.240. The standard InChI is InChI=1S/C16H14FNO2/c1-18-9-11(15-7-4-13(19)8-16(15)18)10-20-14-5-2-12(17)3-6-14/h2-9,19H,10H2,1H3. The number of aromatic hydroxyl groups is 1. The highest BCUT2D eigenvalue weighted by molar-refractivity contribution is 5.85. The fourth-order valence-corrected chi connectivity index (χ4v) is 2.26. The van der Waals surface area contributed by atoms with Crippen molar-refractivity contribution in [3.05, 3.63) is 60.0 Å². The van der Waals surface area contributed by atoms with Crippen molar-refractivity contribution >= 4 is 10.9 Å². The van der Waals surface area contributed by atoms with Gasteiger partial charge in [0.2, 0.25) is 0 Å². The molecule has 2 aromatic carbocycles. The second kappa shape index (κ2) is 4.89. The monoisotopic (exact) mass is 271 g/mol. The van der Waals surface area contributed by atoms with Crippen LogP contribution >= 0.6 is 0 Å². The van der Waals surface area contributed by atoms with Gasteiger partial charge in [0.15, 0.2) is 0 Å². The Morgan fingerprint density at radius 2 is 1.90 bits per heavy atom. The highest BCUT2D eigenvalue weighted by Crippen LogP contribution is 2.25. The molecule has 0 atom stereocenters. The Labute approximate surface area is 115 Å². The Bertz CT molecular complexity index is 747. The van der Waals surface area contributed by atoms with E-state index >= 15 is 0 Å². The van der Waals surface area contributed by atoms with Gasteiger partial charge in [-0.1, -0.05) is 0 Å². The van der Waals surface area contributed by atoms with E-state index < -0.39 is 0 Å². The van der Waals surface area contributed by atoms with Crippen LogP contribution in [0.5, 0.6) is 11.5 Å². The third-order valence-electron chi connectivity index (χ3n) is 3.26. The van der Waals surface area contributed by atoms with Crippen LogP contribution in [-0.2, 0) is 13.7 Å². The Morgan fingerprint density at radius 3 is 2.65 bits per heavy atom. The van der Waals surface area contributed by atoms with E-state index in [1.807, 2.05) is 23.9 Å². The number of ether oxygens (including phenoxy) is 1. The molecule has 0 saturated carbocycles. The summed E-state index contributed by atoms with van der Waals surface area (Å²) in [6.07, 6.45) is 1.97. The van der Waals surface area contributed by atoms with Crippen molar-refractivity contribution in [2.24, 2.45) is 7.05 Å². The number of phenols is 1. The molecule has 0 aliphatic heterocycles. The first kappa shape index (κ1) is 12.5. The Morgan fingerprint density at radius 1 is 1.15 bits per heavy atom. The summed E-state index contributed by atoms with van der Waals surface area (Å²) in [6, 6.07) is 11.2. The summed E-state index contributed by atoms with van der Waals surface area (Å²) in [7, 11) is 1.92. The molecule has 0 fully saturated rings. The SMILES string of the molecule is Cn1cc(COc2ccc(F)cc2)c2ccc(O)cc21. The summed E-state index contributed by atoms with van der Waals surface area (Å²) in [6.45, 7) is 0.397. The second-order valence-corrected chi connectivity index (χ2v) is 4.71. The van der Waals surface area contributed by atoms with E-state index in [1.165, 1.54) is 12.1 Å². The lowest BCUT2D eigenvalue weighted by Crippen LogP contribution is -1.94. The van der Waals surface area contributed by atoms with Crippen LogP contribution in [0.2, 0.25) is 0 Å². The lowest BCUT2D eigenvalue weighted by atomic mass is 10.2. The van der Waals surface area contributed by atoms with E-state index in [9.17, 15) is 9.50 Å². The van der Waals surface area contributed by atoms with Gasteiger partial charge in [-0.3, -0.25) is 0 Å². The van der Waals surface area contributed by atoms with Crippen molar-refractivity contribution in [2.45, 2.75) is 6.61 Å². The number of aromatic nitrogens is 1. The summed E-state index contributed by atoms with van der Waals surface area (Å²) in [5, 5.41) is 10.6. The number of nitrogens with zero attached hydrogens (tertiary/aromatic N) is 1. The third kappa shape index (κ3) is 2.32. The molecule has 1 N–H and O–H groups in total. The largest absolute Gasteiger partial charge is 0.508 e. The summed E-state index contributed by atoms with van der Waals surface area (Å²) >= 11 is 0. The van der Waals surface area contributed by atoms with Gasteiger partial charge in [-0.05, 0) is 36.4 Å². The van der Waals surface area contributed by atoms with E-state index in [4.69, 9.17) is 4.74 Å². The summed E-state index contributed by atoms with van der Waals surface area (Å²) in [5.41, 5.74) is 1.97. The lowest BCUT2D eigenvalue weighted by Gasteiger charge is -2.05. The van der Waals surface area contributed by atoms with E-state index in [2.05, 4.69) is 0 Å². The maximum atomic E-state index is 12.8. The van der Waals surface area contributed by atoms with Crippen molar-refractivity contribution in [2.75, 3.05) is 0 Å². The van der Waals surface area contributed by atoms with E-state index in [0.717, 1.165) is 16.5 Å². The molecule has 0 aliphatic carbocycles. The molecule has 1 aromatic heterocycles. The molecule has 3 aromatic rings. The zero-order chi connectivity index (χ0) is 14.1. The molecule has 4 heteroatoms. The molecule has 0 amide bonds. The first-order chi connectivity index (χ1) is 9.63. The van der Waals surface area contributed by atoms with Crippen LogP contribution in [0.4, 0.5) is 4.39 Å². The zero-order valence-electron chi connectivity index (χ0n) is 11.0. The molecule has 102 valence electrons. The lowest BCUT2D eigenvalue weighted by molar-refractivity contribution is 0.307. The van der Waals surface area contributed by atoms with Crippen LogP contribution in [0.25, 0.3) is 10.9 Å². The molecule has 0 spiro atoms. The Hall–Kier alpha value is -2.49. The van der Waals surface area contributed by atoms with E-state index in [1.54, 1.807) is 24.3 Å². The zero-order valence-corrected chi connectivity index (χ0v) is 11.0. The van der Waals surface area contributed by atoms with E-state index in [0.29, 0.717) is 12.4 Å². The number of hydrogen-bond acceptors (Lipinski definition) is 2. The quantitative estimate of drug-likeness (QED) is 0.789. The van der Waals surface area contributed by atoms with Crippen molar-refractivity contribution in [1.82, 2.24) is 4.57 Å². The highest BCUT2D eigenvalue weighted by Gasteiger charge is 2.08. The molecule has 20 heavy (non-hydrogen) atoms. The first-order valence-corrected chi connectivity index (χ1v) is 6.29. The molecular weight excluding hydrogens is 257 g/mol. The predicted molar refractivity (Wildman–Crippen MR) is 75.3 cm³/mol. The fourth-order valence-electron chi connectivity index (χ4n) is 2.26. The summed E-state index contributed by atoms with van der Waals surface area (Å²) in [4.78, 5) is 0. The van der Waals surface area contributed by atoms with Gasteiger partial charge in [-0.2, -0.15) is 0 Å². The number of benzene rings is 2. The average molecular weight is 271 g/mol.